The van der Waals surface area contributed by atoms with Crippen molar-refractivity contribution in [3.8, 4) is 0 Å². The van der Waals surface area contributed by atoms with E-state index in [1.54, 1.807) is 18.0 Å². The minimum atomic E-state index is 0.0536. The van der Waals surface area contributed by atoms with Crippen LogP contribution in [0.1, 0.15) is 11.1 Å². The van der Waals surface area contributed by atoms with Crippen LogP contribution >= 0.6 is 11.8 Å². The number of aryl methyl sites for hydroxylation is 1. The van der Waals surface area contributed by atoms with E-state index < -0.39 is 0 Å². The van der Waals surface area contributed by atoms with Crippen molar-refractivity contribution in [2.75, 3.05) is 19.7 Å². The summed E-state index contributed by atoms with van der Waals surface area (Å²) < 4.78 is 5.50. The van der Waals surface area contributed by atoms with E-state index in [4.69, 9.17) is 4.42 Å². The van der Waals surface area contributed by atoms with Gasteiger partial charge in [-0.05, 0) is 30.7 Å². The number of amidine groups is 1. The van der Waals surface area contributed by atoms with Crippen molar-refractivity contribution in [3.63, 3.8) is 0 Å². The molecular formula is C15H14N2O2S. The molecule has 5 heteroatoms. The SMILES string of the molecule is Cc1cc(C2=C(CO)SC3=NCCN32)cc2ccoc12. The molecule has 4 nitrogen and oxygen atoms in total. The fourth-order valence-electron chi connectivity index (χ4n) is 2.85. The Kier molecular flexibility index (Phi) is 2.65. The predicted molar refractivity (Wildman–Crippen MR) is 81.6 cm³/mol. The summed E-state index contributed by atoms with van der Waals surface area (Å²) in [7, 11) is 0. The van der Waals surface area contributed by atoms with Gasteiger partial charge < -0.3 is 14.4 Å². The van der Waals surface area contributed by atoms with Crippen molar-refractivity contribution in [2.24, 2.45) is 4.99 Å². The fourth-order valence-corrected chi connectivity index (χ4v) is 3.91. The second kappa shape index (κ2) is 4.40. The van der Waals surface area contributed by atoms with E-state index in [1.807, 2.05) is 6.07 Å². The Labute approximate surface area is 120 Å². The molecule has 102 valence electrons. The van der Waals surface area contributed by atoms with E-state index in [0.29, 0.717) is 0 Å². The number of rotatable bonds is 2. The van der Waals surface area contributed by atoms with Gasteiger partial charge in [0.15, 0.2) is 5.17 Å². The lowest BCUT2D eigenvalue weighted by Gasteiger charge is -2.17. The van der Waals surface area contributed by atoms with Crippen LogP contribution in [0, 0.1) is 6.92 Å². The van der Waals surface area contributed by atoms with E-state index in [2.05, 4.69) is 28.9 Å². The molecule has 2 aliphatic heterocycles. The van der Waals surface area contributed by atoms with Gasteiger partial charge in [0.1, 0.15) is 5.58 Å². The molecule has 0 saturated heterocycles. The molecule has 0 fully saturated rings. The normalized spacial score (nSPS) is 18.1. The summed E-state index contributed by atoms with van der Waals surface area (Å²) in [6.07, 6.45) is 1.72. The Morgan fingerprint density at radius 2 is 2.35 bits per heavy atom. The smallest absolute Gasteiger partial charge is 0.168 e. The molecule has 0 radical (unpaired) electrons. The molecule has 0 spiro atoms. The summed E-state index contributed by atoms with van der Waals surface area (Å²) in [6, 6.07) is 6.23. The van der Waals surface area contributed by atoms with Crippen LogP contribution in [0.25, 0.3) is 16.7 Å². The molecule has 20 heavy (non-hydrogen) atoms. The highest BCUT2D eigenvalue weighted by atomic mass is 32.2. The van der Waals surface area contributed by atoms with Gasteiger partial charge in [-0.25, -0.2) is 0 Å². The number of furan rings is 1. The minimum absolute atomic E-state index is 0.0536. The predicted octanol–water partition coefficient (Wildman–Crippen LogP) is 2.82. The molecule has 0 unspecified atom stereocenters. The zero-order valence-electron chi connectivity index (χ0n) is 11.1. The fraction of sp³-hybridized carbons (Fsp3) is 0.267. The van der Waals surface area contributed by atoms with Crippen LogP contribution < -0.4 is 0 Å². The second-order valence-electron chi connectivity index (χ2n) is 4.98. The molecule has 1 aromatic carbocycles. The molecule has 2 aliphatic rings. The van der Waals surface area contributed by atoms with Crippen molar-refractivity contribution in [1.82, 2.24) is 4.90 Å². The van der Waals surface area contributed by atoms with Crippen molar-refractivity contribution in [2.45, 2.75) is 6.92 Å². The highest BCUT2D eigenvalue weighted by Crippen LogP contribution is 2.42. The Morgan fingerprint density at radius 3 is 3.20 bits per heavy atom. The van der Waals surface area contributed by atoms with Crippen LogP contribution in [0.5, 0.6) is 0 Å². The summed E-state index contributed by atoms with van der Waals surface area (Å²) in [6.45, 7) is 3.83. The molecule has 2 aromatic rings. The highest BCUT2D eigenvalue weighted by Gasteiger charge is 2.32. The second-order valence-corrected chi connectivity index (χ2v) is 6.04. The van der Waals surface area contributed by atoms with Crippen LogP contribution in [0.3, 0.4) is 0 Å². The van der Waals surface area contributed by atoms with Crippen LogP contribution in [0.4, 0.5) is 0 Å². The molecule has 0 aliphatic carbocycles. The summed E-state index contributed by atoms with van der Waals surface area (Å²) in [5, 5.41) is 11.7. The van der Waals surface area contributed by atoms with Gasteiger partial charge in [-0.2, -0.15) is 0 Å². The first kappa shape index (κ1) is 12.1. The molecule has 3 heterocycles. The first-order valence-electron chi connectivity index (χ1n) is 6.60. The van der Waals surface area contributed by atoms with Crippen LogP contribution in [-0.2, 0) is 0 Å². The quantitative estimate of drug-likeness (QED) is 0.922. The number of hydrogen-bond donors (Lipinski definition) is 1. The Balaban J connectivity index is 1.90. The largest absolute Gasteiger partial charge is 0.464 e. The van der Waals surface area contributed by atoms with E-state index >= 15 is 0 Å². The third-order valence-corrected chi connectivity index (χ3v) is 4.80. The zero-order valence-corrected chi connectivity index (χ0v) is 11.9. The average molecular weight is 286 g/mol. The van der Waals surface area contributed by atoms with Gasteiger partial charge in [-0.3, -0.25) is 4.99 Å². The number of hydrogen-bond acceptors (Lipinski definition) is 5. The summed E-state index contributed by atoms with van der Waals surface area (Å²) in [5.74, 6) is 0. The van der Waals surface area contributed by atoms with Gasteiger partial charge in [-0.15, -0.1) is 0 Å². The van der Waals surface area contributed by atoms with Gasteiger partial charge in [0.2, 0.25) is 0 Å². The Bertz CT molecular complexity index is 760. The van der Waals surface area contributed by atoms with Crippen molar-refractivity contribution in [1.29, 1.82) is 0 Å². The lowest BCUT2D eigenvalue weighted by Crippen LogP contribution is -2.20. The molecule has 0 amide bonds. The summed E-state index contributed by atoms with van der Waals surface area (Å²) >= 11 is 1.58. The average Bonchev–Trinajstić information content (AvgIpc) is 3.12. The van der Waals surface area contributed by atoms with Gasteiger partial charge in [0, 0.05) is 22.4 Å². The van der Waals surface area contributed by atoms with E-state index in [0.717, 1.165) is 51.0 Å². The topological polar surface area (TPSA) is 49.0 Å². The maximum atomic E-state index is 9.62. The number of nitrogens with zero attached hydrogens (tertiary/aromatic N) is 2. The molecule has 0 bridgehead atoms. The number of aliphatic hydroxyl groups excluding tert-OH is 1. The number of aliphatic hydroxyl groups is 1. The first-order chi connectivity index (χ1) is 9.78. The van der Waals surface area contributed by atoms with Crippen molar-refractivity contribution < 1.29 is 9.52 Å². The Morgan fingerprint density at radius 1 is 1.45 bits per heavy atom. The third-order valence-electron chi connectivity index (χ3n) is 3.70. The van der Waals surface area contributed by atoms with Crippen LogP contribution in [0.15, 0.2) is 38.8 Å². The van der Waals surface area contributed by atoms with E-state index in [9.17, 15) is 5.11 Å². The minimum Gasteiger partial charge on any atom is -0.464 e. The van der Waals surface area contributed by atoms with E-state index in [-0.39, 0.29) is 6.61 Å². The molecule has 1 aromatic heterocycles. The maximum absolute atomic E-state index is 9.62. The lowest BCUT2D eigenvalue weighted by molar-refractivity contribution is 0.339. The molecule has 0 saturated carbocycles. The van der Waals surface area contributed by atoms with Gasteiger partial charge in [-0.1, -0.05) is 11.8 Å². The Hall–Kier alpha value is -1.72. The highest BCUT2D eigenvalue weighted by molar-refractivity contribution is 8.17. The summed E-state index contributed by atoms with van der Waals surface area (Å²) in [5.41, 5.74) is 4.27. The lowest BCUT2D eigenvalue weighted by atomic mass is 10.0. The first-order valence-corrected chi connectivity index (χ1v) is 7.41. The van der Waals surface area contributed by atoms with Gasteiger partial charge in [0.05, 0.1) is 25.1 Å². The van der Waals surface area contributed by atoms with Crippen molar-refractivity contribution >= 4 is 33.6 Å². The molecular weight excluding hydrogens is 272 g/mol. The van der Waals surface area contributed by atoms with Crippen molar-refractivity contribution in [3.05, 3.63) is 40.5 Å². The summed E-state index contributed by atoms with van der Waals surface area (Å²) in [4.78, 5) is 7.66. The third kappa shape index (κ3) is 1.63. The van der Waals surface area contributed by atoms with Gasteiger partial charge in [0.25, 0.3) is 0 Å². The standard InChI is InChI=1S/C15H14N2O2S/c1-9-6-11(7-10-2-5-19-14(9)10)13-12(8-18)20-15-16-3-4-17(13)15/h2,5-7,18H,3-4,8H2,1H3. The van der Waals surface area contributed by atoms with Crippen LogP contribution in [-0.4, -0.2) is 34.9 Å². The van der Waals surface area contributed by atoms with E-state index in [1.165, 1.54) is 0 Å². The number of aliphatic imine (C=N–C) groups is 1. The number of fused-ring (bicyclic) bond motifs is 2. The molecule has 0 atom stereocenters. The number of thioether (sulfide) groups is 1. The monoisotopic (exact) mass is 286 g/mol. The maximum Gasteiger partial charge on any atom is 0.168 e. The number of benzene rings is 1. The van der Waals surface area contributed by atoms with Gasteiger partial charge >= 0.3 is 0 Å². The van der Waals surface area contributed by atoms with Crippen LogP contribution in [0.2, 0.25) is 0 Å². The zero-order chi connectivity index (χ0) is 13.7. The molecule has 1 N–H and O–H groups in total. The molecule has 4 rings (SSSR count).